The minimum atomic E-state index is -0.253. The molecule has 1 fully saturated rings. The van der Waals surface area contributed by atoms with Gasteiger partial charge in [0.2, 0.25) is 0 Å². The molecular formula is C22H22N2O3. The number of hydrogen-bond acceptors (Lipinski definition) is 4. The number of rotatable bonds is 3. The molecule has 5 rings (SSSR count). The largest absolute Gasteiger partial charge is 0.489 e. The molecule has 27 heavy (non-hydrogen) atoms. The number of fused-ring (bicyclic) bond motifs is 2. The number of oxazole rings is 1. The zero-order chi connectivity index (χ0) is 18.2. The van der Waals surface area contributed by atoms with Crippen molar-refractivity contribution in [1.82, 2.24) is 9.47 Å². The Morgan fingerprint density at radius 3 is 2.89 bits per heavy atom. The highest BCUT2D eigenvalue weighted by molar-refractivity contribution is 5.72. The summed E-state index contributed by atoms with van der Waals surface area (Å²) in [5.74, 6) is 0.700. The number of likely N-dealkylation sites (tertiary alicyclic amines) is 1. The standard InChI is InChI=1S/C22H22N2O3/c25-22-24(19-8-2-4-10-21(19)27-22)18-7-5-11-23(14-18)13-16-12-17-6-1-3-9-20(17)26-15-16/h1-4,6,8-10,12,18H,5,7,11,13-15H2/t18-/m1/s1. The smallest absolute Gasteiger partial charge is 0.420 e. The van der Waals surface area contributed by atoms with E-state index in [0.717, 1.165) is 49.3 Å². The van der Waals surface area contributed by atoms with E-state index >= 15 is 0 Å². The monoisotopic (exact) mass is 362 g/mol. The van der Waals surface area contributed by atoms with E-state index in [9.17, 15) is 4.79 Å². The topological polar surface area (TPSA) is 47.6 Å². The van der Waals surface area contributed by atoms with Crippen LogP contribution in [-0.2, 0) is 0 Å². The molecule has 0 spiro atoms. The number of nitrogens with zero attached hydrogens (tertiary/aromatic N) is 2. The second-order valence-electron chi connectivity index (χ2n) is 7.37. The van der Waals surface area contributed by atoms with Crippen LogP contribution in [0.3, 0.4) is 0 Å². The molecule has 2 aliphatic heterocycles. The first kappa shape index (κ1) is 16.4. The van der Waals surface area contributed by atoms with Gasteiger partial charge in [-0.2, -0.15) is 0 Å². The number of aromatic nitrogens is 1. The van der Waals surface area contributed by atoms with Crippen molar-refractivity contribution < 1.29 is 9.15 Å². The van der Waals surface area contributed by atoms with E-state index in [1.807, 2.05) is 47.0 Å². The van der Waals surface area contributed by atoms with Gasteiger partial charge in [0.15, 0.2) is 5.58 Å². The van der Waals surface area contributed by atoms with E-state index in [4.69, 9.17) is 9.15 Å². The van der Waals surface area contributed by atoms with Gasteiger partial charge in [0, 0.05) is 18.7 Å². The lowest BCUT2D eigenvalue weighted by atomic mass is 10.0. The maximum atomic E-state index is 12.4. The van der Waals surface area contributed by atoms with Gasteiger partial charge in [-0.1, -0.05) is 30.3 Å². The summed E-state index contributed by atoms with van der Waals surface area (Å²) in [6.45, 7) is 3.39. The Morgan fingerprint density at radius 2 is 1.93 bits per heavy atom. The van der Waals surface area contributed by atoms with Crippen LogP contribution >= 0.6 is 0 Å². The molecule has 2 aliphatic rings. The quantitative estimate of drug-likeness (QED) is 0.713. The third-order valence-electron chi connectivity index (χ3n) is 5.48. The predicted octanol–water partition coefficient (Wildman–Crippen LogP) is 3.71. The van der Waals surface area contributed by atoms with E-state index in [2.05, 4.69) is 17.0 Å². The van der Waals surface area contributed by atoms with Crippen LogP contribution in [-0.4, -0.2) is 35.7 Å². The Balaban J connectivity index is 1.37. The Hall–Kier alpha value is -2.79. The lowest BCUT2D eigenvalue weighted by Gasteiger charge is -2.34. The SMILES string of the molecule is O=c1oc2ccccc2n1[C@@H]1CCCN(CC2=Cc3ccccc3OC2)C1. The second-order valence-corrected chi connectivity index (χ2v) is 7.37. The van der Waals surface area contributed by atoms with E-state index in [0.29, 0.717) is 12.2 Å². The molecule has 1 aromatic heterocycles. The summed E-state index contributed by atoms with van der Waals surface area (Å²) >= 11 is 0. The number of ether oxygens (including phenoxy) is 1. The highest BCUT2D eigenvalue weighted by atomic mass is 16.5. The molecule has 0 bridgehead atoms. The van der Waals surface area contributed by atoms with E-state index in [1.165, 1.54) is 5.57 Å². The first-order valence-corrected chi connectivity index (χ1v) is 9.51. The average molecular weight is 362 g/mol. The first-order chi connectivity index (χ1) is 13.3. The van der Waals surface area contributed by atoms with Crippen molar-refractivity contribution in [2.45, 2.75) is 18.9 Å². The molecule has 0 amide bonds. The van der Waals surface area contributed by atoms with Crippen molar-refractivity contribution in [3.05, 3.63) is 70.2 Å². The van der Waals surface area contributed by atoms with Crippen LogP contribution in [0.2, 0.25) is 0 Å². The second kappa shape index (κ2) is 6.74. The normalized spacial score (nSPS) is 20.1. The molecule has 5 heteroatoms. The fourth-order valence-corrected chi connectivity index (χ4v) is 4.26. The van der Waals surface area contributed by atoms with E-state index in [1.54, 1.807) is 0 Å². The summed E-state index contributed by atoms with van der Waals surface area (Å²) in [5.41, 5.74) is 3.98. The van der Waals surface area contributed by atoms with Gasteiger partial charge in [-0.15, -0.1) is 0 Å². The maximum Gasteiger partial charge on any atom is 0.420 e. The van der Waals surface area contributed by atoms with Crippen molar-refractivity contribution in [1.29, 1.82) is 0 Å². The number of benzene rings is 2. The van der Waals surface area contributed by atoms with Gasteiger partial charge in [-0.25, -0.2) is 4.79 Å². The van der Waals surface area contributed by atoms with Crippen molar-refractivity contribution in [3.63, 3.8) is 0 Å². The van der Waals surface area contributed by atoms with Crippen LogP contribution in [0.4, 0.5) is 0 Å². The molecule has 5 nitrogen and oxygen atoms in total. The highest BCUT2D eigenvalue weighted by Gasteiger charge is 2.26. The van der Waals surface area contributed by atoms with E-state index in [-0.39, 0.29) is 11.8 Å². The maximum absolute atomic E-state index is 12.4. The molecule has 1 atom stereocenters. The molecule has 0 saturated carbocycles. The number of para-hydroxylation sites is 3. The molecule has 2 aromatic carbocycles. The highest BCUT2D eigenvalue weighted by Crippen LogP contribution is 2.28. The first-order valence-electron chi connectivity index (χ1n) is 9.51. The minimum Gasteiger partial charge on any atom is -0.489 e. The zero-order valence-corrected chi connectivity index (χ0v) is 15.1. The molecule has 3 heterocycles. The van der Waals surface area contributed by atoms with Gasteiger partial charge in [-0.05, 0) is 49.2 Å². The number of piperidine rings is 1. The molecule has 0 radical (unpaired) electrons. The summed E-state index contributed by atoms with van der Waals surface area (Å²) in [6, 6.07) is 16.0. The lowest BCUT2D eigenvalue weighted by molar-refractivity contribution is 0.181. The molecule has 1 saturated heterocycles. The van der Waals surface area contributed by atoms with Gasteiger partial charge >= 0.3 is 5.76 Å². The fraction of sp³-hybridized carbons (Fsp3) is 0.318. The predicted molar refractivity (Wildman–Crippen MR) is 105 cm³/mol. The zero-order valence-electron chi connectivity index (χ0n) is 15.1. The van der Waals surface area contributed by atoms with Crippen LogP contribution in [0, 0.1) is 0 Å². The number of hydrogen-bond donors (Lipinski definition) is 0. The van der Waals surface area contributed by atoms with Crippen molar-refractivity contribution in [2.24, 2.45) is 0 Å². The minimum absolute atomic E-state index is 0.146. The van der Waals surface area contributed by atoms with Gasteiger partial charge in [-0.3, -0.25) is 9.47 Å². The third kappa shape index (κ3) is 3.08. The van der Waals surface area contributed by atoms with Crippen molar-refractivity contribution >= 4 is 17.2 Å². The van der Waals surface area contributed by atoms with Crippen molar-refractivity contribution in [3.8, 4) is 5.75 Å². The summed E-state index contributed by atoms with van der Waals surface area (Å²) in [6.07, 6.45) is 4.31. The van der Waals surface area contributed by atoms with Gasteiger partial charge in [0.05, 0.1) is 11.6 Å². The van der Waals surface area contributed by atoms with Crippen molar-refractivity contribution in [2.75, 3.05) is 26.2 Å². The van der Waals surface area contributed by atoms with Crippen LogP contribution in [0.25, 0.3) is 17.2 Å². The van der Waals surface area contributed by atoms with Crippen LogP contribution < -0.4 is 10.5 Å². The average Bonchev–Trinajstić information content (AvgIpc) is 3.04. The van der Waals surface area contributed by atoms with Crippen LogP contribution in [0.15, 0.2) is 63.3 Å². The van der Waals surface area contributed by atoms with Gasteiger partial charge < -0.3 is 9.15 Å². The fourth-order valence-electron chi connectivity index (χ4n) is 4.26. The van der Waals surface area contributed by atoms with Gasteiger partial charge in [0.25, 0.3) is 0 Å². The third-order valence-corrected chi connectivity index (χ3v) is 5.48. The van der Waals surface area contributed by atoms with E-state index < -0.39 is 0 Å². The Kier molecular flexibility index (Phi) is 4.09. The molecule has 138 valence electrons. The molecule has 0 unspecified atom stereocenters. The summed E-state index contributed by atoms with van der Waals surface area (Å²) in [7, 11) is 0. The molecule has 3 aromatic rings. The van der Waals surface area contributed by atoms with Crippen LogP contribution in [0.5, 0.6) is 5.75 Å². The summed E-state index contributed by atoms with van der Waals surface area (Å²) in [5, 5.41) is 0. The Bertz CT molecular complexity index is 1060. The summed E-state index contributed by atoms with van der Waals surface area (Å²) < 4.78 is 13.2. The van der Waals surface area contributed by atoms with Gasteiger partial charge in [0.1, 0.15) is 12.4 Å². The molecular weight excluding hydrogens is 340 g/mol. The Labute approximate surface area is 157 Å². The van der Waals surface area contributed by atoms with Crippen LogP contribution in [0.1, 0.15) is 24.4 Å². The molecule has 0 aliphatic carbocycles. The lowest BCUT2D eigenvalue weighted by Crippen LogP contribution is -2.40. The molecule has 0 N–H and O–H groups in total. The Morgan fingerprint density at radius 1 is 1.07 bits per heavy atom. The summed E-state index contributed by atoms with van der Waals surface area (Å²) in [4.78, 5) is 14.8.